The van der Waals surface area contributed by atoms with Gasteiger partial charge < -0.3 is 25.2 Å². The molecule has 0 radical (unpaired) electrons. The van der Waals surface area contributed by atoms with Crippen molar-refractivity contribution in [3.63, 3.8) is 0 Å². The third-order valence-corrected chi connectivity index (χ3v) is 6.90. The number of H-pyrrole nitrogens is 1. The number of aromatic nitrogens is 1. The van der Waals surface area contributed by atoms with E-state index in [-0.39, 0.29) is 11.8 Å². The highest BCUT2D eigenvalue weighted by molar-refractivity contribution is 6.34. The molecule has 0 saturated carbocycles. The van der Waals surface area contributed by atoms with Crippen molar-refractivity contribution < 1.29 is 19.1 Å². The predicted molar refractivity (Wildman–Crippen MR) is 124 cm³/mol. The Morgan fingerprint density at radius 2 is 1.94 bits per heavy atom. The van der Waals surface area contributed by atoms with Crippen molar-refractivity contribution in [3.8, 4) is 0 Å². The number of piperidine rings is 1. The molecule has 1 saturated heterocycles. The zero-order valence-corrected chi connectivity index (χ0v) is 18.8. The molecule has 7 nitrogen and oxygen atoms in total. The maximum absolute atomic E-state index is 13.8. The van der Waals surface area contributed by atoms with Crippen molar-refractivity contribution in [2.75, 3.05) is 38.0 Å². The molecule has 0 bridgehead atoms. The Bertz CT molecular complexity index is 1130. The third-order valence-electron chi connectivity index (χ3n) is 6.90. The maximum Gasteiger partial charge on any atom is 0.256 e. The van der Waals surface area contributed by atoms with Gasteiger partial charge in [0.05, 0.1) is 17.2 Å². The van der Waals surface area contributed by atoms with Crippen molar-refractivity contribution in [2.45, 2.75) is 38.7 Å². The monoisotopic (exact) mass is 452 g/mol. The van der Waals surface area contributed by atoms with Gasteiger partial charge in [0.1, 0.15) is 5.82 Å². The number of hydrogen-bond acceptors (Lipinski definition) is 4. The molecule has 3 aliphatic heterocycles. The second-order valence-corrected chi connectivity index (χ2v) is 9.24. The zero-order chi connectivity index (χ0) is 23.1. The number of carbonyl (C=O) groups is 2. The van der Waals surface area contributed by atoms with Gasteiger partial charge in [0.2, 0.25) is 0 Å². The van der Waals surface area contributed by atoms with Gasteiger partial charge in [-0.2, -0.15) is 0 Å². The highest BCUT2D eigenvalue weighted by atomic mass is 19.1. The molecule has 0 aliphatic carbocycles. The minimum atomic E-state index is -0.581. The lowest BCUT2D eigenvalue weighted by atomic mass is 10.0. The van der Waals surface area contributed by atoms with Crippen LogP contribution in [0.2, 0.25) is 0 Å². The number of anilines is 1. The van der Waals surface area contributed by atoms with Crippen LogP contribution in [-0.4, -0.2) is 70.5 Å². The van der Waals surface area contributed by atoms with Gasteiger partial charge in [0, 0.05) is 48.7 Å². The van der Waals surface area contributed by atoms with E-state index >= 15 is 0 Å². The average molecular weight is 453 g/mol. The number of β-amino-alcohol motifs (C(OH)–C–C–N with tert-alkyl or cyclic N) is 1. The standard InChI is InChI=1S/C25H29FN4O3/c1-15-22(12-19-18-11-16(26)5-6-20(18)28-24(19)32)27-21-7-10-30(25(33)23(15)21)14-17(31)13-29-8-3-2-4-9-29/h5-6,11-12,17,27,31H,2-4,7-10,13-14H2,1H3,(H,28,32)/b19-12-. The van der Waals surface area contributed by atoms with E-state index in [4.69, 9.17) is 0 Å². The molecule has 5 rings (SSSR count). The summed E-state index contributed by atoms with van der Waals surface area (Å²) >= 11 is 0. The fourth-order valence-corrected chi connectivity index (χ4v) is 5.18. The van der Waals surface area contributed by atoms with Crippen molar-refractivity contribution in [3.05, 3.63) is 52.1 Å². The van der Waals surface area contributed by atoms with E-state index < -0.39 is 11.9 Å². The number of aliphatic hydroxyl groups excluding tert-OH is 1. The highest BCUT2D eigenvalue weighted by Gasteiger charge is 2.31. The molecule has 1 aromatic carbocycles. The summed E-state index contributed by atoms with van der Waals surface area (Å²) in [4.78, 5) is 33.0. The number of aliphatic hydroxyl groups is 1. The number of benzene rings is 1. The molecule has 3 aliphatic rings. The number of halogens is 1. The number of likely N-dealkylation sites (tertiary alicyclic amines) is 1. The molecule has 0 spiro atoms. The SMILES string of the molecule is Cc1c(/C=C2\C(=O)Nc3ccc(F)cc32)[nH]c2c1C(=O)N(CC(O)CN1CCCCC1)CC2. The van der Waals surface area contributed by atoms with E-state index in [9.17, 15) is 19.1 Å². The second kappa shape index (κ2) is 8.76. The molecule has 1 unspecified atom stereocenters. The molecule has 2 aromatic rings. The molecule has 174 valence electrons. The summed E-state index contributed by atoms with van der Waals surface area (Å²) in [5, 5.41) is 13.4. The summed E-state index contributed by atoms with van der Waals surface area (Å²) in [7, 11) is 0. The number of hydrogen-bond donors (Lipinski definition) is 3. The van der Waals surface area contributed by atoms with Crippen LogP contribution in [0.4, 0.5) is 10.1 Å². The number of carbonyl (C=O) groups excluding carboxylic acids is 2. The van der Waals surface area contributed by atoms with Gasteiger partial charge in [-0.3, -0.25) is 9.59 Å². The third kappa shape index (κ3) is 4.20. The number of amides is 2. The van der Waals surface area contributed by atoms with Crippen LogP contribution in [-0.2, 0) is 11.2 Å². The molecule has 4 heterocycles. The molecule has 1 aromatic heterocycles. The van der Waals surface area contributed by atoms with Gasteiger partial charge >= 0.3 is 0 Å². The fraction of sp³-hybridized carbons (Fsp3) is 0.440. The molecule has 8 heteroatoms. The molecular formula is C25H29FN4O3. The lowest BCUT2D eigenvalue weighted by Gasteiger charge is -2.32. The number of aromatic amines is 1. The first-order chi connectivity index (χ1) is 15.9. The fourth-order valence-electron chi connectivity index (χ4n) is 5.18. The first kappa shape index (κ1) is 21.9. The number of fused-ring (bicyclic) bond motifs is 2. The normalized spacial score (nSPS) is 20.7. The van der Waals surface area contributed by atoms with Gasteiger partial charge in [-0.25, -0.2) is 4.39 Å². The van der Waals surface area contributed by atoms with E-state index in [1.807, 2.05) is 6.92 Å². The summed E-state index contributed by atoms with van der Waals surface area (Å²) in [5.74, 6) is -0.807. The Hall–Kier alpha value is -2.97. The molecule has 3 N–H and O–H groups in total. The second-order valence-electron chi connectivity index (χ2n) is 9.24. The Balaban J connectivity index is 1.35. The van der Waals surface area contributed by atoms with E-state index in [1.54, 1.807) is 17.0 Å². The van der Waals surface area contributed by atoms with E-state index in [0.29, 0.717) is 54.1 Å². The summed E-state index contributed by atoms with van der Waals surface area (Å²) in [6.45, 7) is 5.30. The van der Waals surface area contributed by atoms with E-state index in [1.165, 1.54) is 18.6 Å². The van der Waals surface area contributed by atoms with Gasteiger partial charge in [-0.15, -0.1) is 0 Å². The van der Waals surface area contributed by atoms with Gasteiger partial charge in [0.15, 0.2) is 0 Å². The first-order valence-corrected chi connectivity index (χ1v) is 11.6. The Morgan fingerprint density at radius 1 is 1.15 bits per heavy atom. The van der Waals surface area contributed by atoms with Crippen LogP contribution in [0.15, 0.2) is 18.2 Å². The molecular weight excluding hydrogens is 423 g/mol. The predicted octanol–water partition coefficient (Wildman–Crippen LogP) is 2.80. The molecule has 1 fully saturated rings. The number of nitrogens with one attached hydrogen (secondary N) is 2. The largest absolute Gasteiger partial charge is 0.390 e. The number of nitrogens with zero attached hydrogens (tertiary/aromatic N) is 2. The van der Waals surface area contributed by atoms with Gasteiger partial charge in [-0.1, -0.05) is 6.42 Å². The summed E-state index contributed by atoms with van der Waals surface area (Å²) in [6, 6.07) is 4.20. The van der Waals surface area contributed by atoms with Crippen LogP contribution >= 0.6 is 0 Å². The Kier molecular flexibility index (Phi) is 5.80. The lowest BCUT2D eigenvalue weighted by Crippen LogP contribution is -2.46. The smallest absolute Gasteiger partial charge is 0.256 e. The van der Waals surface area contributed by atoms with E-state index in [0.717, 1.165) is 37.2 Å². The topological polar surface area (TPSA) is 88.7 Å². The first-order valence-electron chi connectivity index (χ1n) is 11.6. The van der Waals surface area contributed by atoms with Crippen LogP contribution in [0.1, 0.15) is 52.1 Å². The quantitative estimate of drug-likeness (QED) is 0.609. The van der Waals surface area contributed by atoms with Crippen LogP contribution in [0.3, 0.4) is 0 Å². The molecule has 33 heavy (non-hydrogen) atoms. The van der Waals surface area contributed by atoms with E-state index in [2.05, 4.69) is 15.2 Å². The van der Waals surface area contributed by atoms with Gasteiger partial charge in [-0.05, 0) is 62.7 Å². The molecule has 2 amide bonds. The minimum Gasteiger partial charge on any atom is -0.390 e. The zero-order valence-electron chi connectivity index (χ0n) is 18.8. The summed E-state index contributed by atoms with van der Waals surface area (Å²) in [6.07, 6.45) is 5.33. The van der Waals surface area contributed by atoms with Crippen molar-refractivity contribution >= 4 is 29.2 Å². The van der Waals surface area contributed by atoms with Crippen molar-refractivity contribution in [1.29, 1.82) is 0 Å². The van der Waals surface area contributed by atoms with Crippen LogP contribution in [0.5, 0.6) is 0 Å². The average Bonchev–Trinajstić information content (AvgIpc) is 3.27. The van der Waals surface area contributed by atoms with Crippen LogP contribution < -0.4 is 5.32 Å². The minimum absolute atomic E-state index is 0.102. The van der Waals surface area contributed by atoms with Gasteiger partial charge in [0.25, 0.3) is 11.8 Å². The number of rotatable bonds is 5. The van der Waals surface area contributed by atoms with Crippen LogP contribution in [0.25, 0.3) is 11.6 Å². The Morgan fingerprint density at radius 3 is 2.73 bits per heavy atom. The maximum atomic E-state index is 13.8. The summed E-state index contributed by atoms with van der Waals surface area (Å²) < 4.78 is 13.8. The molecule has 1 atom stereocenters. The van der Waals surface area contributed by atoms with Crippen molar-refractivity contribution in [2.24, 2.45) is 0 Å². The Labute approximate surface area is 192 Å². The summed E-state index contributed by atoms with van der Waals surface area (Å²) in [5.41, 5.74) is 4.33. The van der Waals surface area contributed by atoms with Crippen molar-refractivity contribution in [1.82, 2.24) is 14.8 Å². The lowest BCUT2D eigenvalue weighted by molar-refractivity contribution is -0.110. The van der Waals surface area contributed by atoms with Crippen LogP contribution in [0, 0.1) is 12.7 Å². The highest BCUT2D eigenvalue weighted by Crippen LogP contribution is 2.35.